The third-order valence-electron chi connectivity index (χ3n) is 6.27. The number of ether oxygens (including phenoxy) is 1. The molecule has 170 valence electrons. The van der Waals surface area contributed by atoms with Crippen molar-refractivity contribution in [2.75, 3.05) is 18.6 Å². The summed E-state index contributed by atoms with van der Waals surface area (Å²) in [6.07, 6.45) is 0.843. The molecule has 0 saturated heterocycles. The Labute approximate surface area is 191 Å². The van der Waals surface area contributed by atoms with Crippen molar-refractivity contribution in [2.24, 2.45) is 7.05 Å². The second-order valence-corrected chi connectivity index (χ2v) is 8.64. The van der Waals surface area contributed by atoms with E-state index in [0.717, 1.165) is 41.1 Å². The number of nitrogens with zero attached hydrogens (tertiary/aromatic N) is 5. The summed E-state index contributed by atoms with van der Waals surface area (Å²) in [6, 6.07) is 13.9. The lowest BCUT2D eigenvalue weighted by atomic mass is 10.1. The number of rotatable bonds is 4. The van der Waals surface area contributed by atoms with Crippen molar-refractivity contribution in [1.82, 2.24) is 18.7 Å². The maximum Gasteiger partial charge on any atom is 0.332 e. The molecule has 0 amide bonds. The summed E-state index contributed by atoms with van der Waals surface area (Å²) in [4.78, 5) is 33.6. The number of benzene rings is 2. The Balaban J connectivity index is 1.71. The maximum absolute atomic E-state index is 13.6. The number of anilines is 2. The first-order valence-corrected chi connectivity index (χ1v) is 11.1. The Kier molecular flexibility index (Phi) is 5.08. The molecule has 0 atom stereocenters. The second kappa shape index (κ2) is 7.95. The lowest BCUT2D eigenvalue weighted by Gasteiger charge is -2.30. The van der Waals surface area contributed by atoms with Crippen LogP contribution in [0.1, 0.15) is 23.1 Å². The van der Waals surface area contributed by atoms with Gasteiger partial charge in [-0.2, -0.15) is 4.98 Å². The average molecular weight is 446 g/mol. The molecule has 0 fully saturated rings. The SMILES string of the molecule is COc1ccc(C)cc1N1CCCn2c1nc1c2c(=O)n(Cc2cccc(C)c2)c(=O)n1C. The van der Waals surface area contributed by atoms with E-state index < -0.39 is 0 Å². The molecule has 0 N–H and O–H groups in total. The normalized spacial score (nSPS) is 13.4. The number of hydrogen-bond donors (Lipinski definition) is 0. The van der Waals surface area contributed by atoms with Gasteiger partial charge >= 0.3 is 5.69 Å². The van der Waals surface area contributed by atoms with Crippen LogP contribution < -0.4 is 20.9 Å². The first-order valence-electron chi connectivity index (χ1n) is 11.1. The fourth-order valence-electron chi connectivity index (χ4n) is 4.64. The molecular formula is C25H27N5O3. The van der Waals surface area contributed by atoms with Gasteiger partial charge in [-0.15, -0.1) is 0 Å². The van der Waals surface area contributed by atoms with E-state index >= 15 is 0 Å². The molecule has 8 heteroatoms. The third kappa shape index (κ3) is 3.42. The number of fused-ring (bicyclic) bond motifs is 3. The van der Waals surface area contributed by atoms with E-state index in [2.05, 4.69) is 11.0 Å². The molecular weight excluding hydrogens is 418 g/mol. The monoisotopic (exact) mass is 445 g/mol. The van der Waals surface area contributed by atoms with Crippen LogP contribution in [0, 0.1) is 13.8 Å². The van der Waals surface area contributed by atoms with Crippen LogP contribution in [0.25, 0.3) is 11.2 Å². The van der Waals surface area contributed by atoms with Gasteiger partial charge in [0, 0.05) is 20.1 Å². The van der Waals surface area contributed by atoms with E-state index in [9.17, 15) is 9.59 Å². The van der Waals surface area contributed by atoms with Crippen molar-refractivity contribution < 1.29 is 4.74 Å². The fraction of sp³-hybridized carbons (Fsp3) is 0.320. The van der Waals surface area contributed by atoms with Crippen LogP contribution >= 0.6 is 0 Å². The van der Waals surface area contributed by atoms with Gasteiger partial charge in [0.15, 0.2) is 11.2 Å². The van der Waals surface area contributed by atoms with Gasteiger partial charge in [0.05, 0.1) is 19.3 Å². The van der Waals surface area contributed by atoms with Crippen molar-refractivity contribution in [3.05, 3.63) is 80.0 Å². The molecule has 2 aromatic carbocycles. The molecule has 1 aliphatic rings. The van der Waals surface area contributed by atoms with Gasteiger partial charge in [-0.25, -0.2) is 4.79 Å². The molecule has 0 spiro atoms. The van der Waals surface area contributed by atoms with E-state index in [1.807, 2.05) is 54.8 Å². The second-order valence-electron chi connectivity index (χ2n) is 8.64. The van der Waals surface area contributed by atoms with Gasteiger partial charge in [0.25, 0.3) is 5.56 Å². The molecule has 8 nitrogen and oxygen atoms in total. The third-order valence-corrected chi connectivity index (χ3v) is 6.27. The summed E-state index contributed by atoms with van der Waals surface area (Å²) >= 11 is 0. The van der Waals surface area contributed by atoms with Crippen LogP contribution in [0.4, 0.5) is 11.6 Å². The Morgan fingerprint density at radius 2 is 1.82 bits per heavy atom. The molecule has 4 aromatic rings. The Morgan fingerprint density at radius 1 is 1.03 bits per heavy atom. The highest BCUT2D eigenvalue weighted by Gasteiger charge is 2.28. The lowest BCUT2D eigenvalue weighted by molar-refractivity contribution is 0.414. The average Bonchev–Trinajstić information content (AvgIpc) is 3.20. The number of aryl methyl sites for hydroxylation is 4. The van der Waals surface area contributed by atoms with E-state index in [4.69, 9.17) is 9.72 Å². The van der Waals surface area contributed by atoms with E-state index in [1.54, 1.807) is 14.2 Å². The summed E-state index contributed by atoms with van der Waals surface area (Å²) in [6.45, 7) is 5.65. The highest BCUT2D eigenvalue weighted by Crippen LogP contribution is 2.37. The zero-order valence-corrected chi connectivity index (χ0v) is 19.3. The molecule has 0 saturated carbocycles. The molecule has 0 bridgehead atoms. The minimum absolute atomic E-state index is 0.221. The molecule has 5 rings (SSSR count). The van der Waals surface area contributed by atoms with Gasteiger partial charge in [-0.05, 0) is 43.5 Å². The summed E-state index contributed by atoms with van der Waals surface area (Å²) in [5.41, 5.74) is 4.18. The molecule has 3 heterocycles. The Bertz CT molecular complexity index is 1490. The predicted molar refractivity (Wildman–Crippen MR) is 129 cm³/mol. The van der Waals surface area contributed by atoms with E-state index in [1.165, 1.54) is 9.13 Å². The van der Waals surface area contributed by atoms with Gasteiger partial charge in [-0.1, -0.05) is 35.9 Å². The number of aromatic nitrogens is 4. The van der Waals surface area contributed by atoms with Crippen molar-refractivity contribution in [3.63, 3.8) is 0 Å². The maximum atomic E-state index is 13.6. The largest absolute Gasteiger partial charge is 0.495 e. The minimum atomic E-state index is -0.371. The predicted octanol–water partition coefficient (Wildman–Crippen LogP) is 3.11. The topological polar surface area (TPSA) is 74.3 Å². The fourth-order valence-corrected chi connectivity index (χ4v) is 4.64. The van der Waals surface area contributed by atoms with E-state index in [0.29, 0.717) is 23.7 Å². The van der Waals surface area contributed by atoms with Crippen LogP contribution in [0.3, 0.4) is 0 Å². The molecule has 0 aliphatic carbocycles. The quantitative estimate of drug-likeness (QED) is 0.483. The van der Waals surface area contributed by atoms with Gasteiger partial charge in [0.1, 0.15) is 5.75 Å². The smallest absolute Gasteiger partial charge is 0.332 e. The van der Waals surface area contributed by atoms with Crippen LogP contribution in [0.15, 0.2) is 52.1 Å². The number of methoxy groups -OCH3 is 1. The molecule has 33 heavy (non-hydrogen) atoms. The zero-order valence-electron chi connectivity index (χ0n) is 19.3. The first-order chi connectivity index (χ1) is 15.9. The summed E-state index contributed by atoms with van der Waals surface area (Å²) in [5, 5.41) is 0. The Hall–Kier alpha value is -3.81. The first kappa shape index (κ1) is 21.1. The molecule has 2 aromatic heterocycles. The van der Waals surface area contributed by atoms with Crippen molar-refractivity contribution in [2.45, 2.75) is 33.4 Å². The van der Waals surface area contributed by atoms with Crippen molar-refractivity contribution in [1.29, 1.82) is 0 Å². The molecule has 0 unspecified atom stereocenters. The summed E-state index contributed by atoms with van der Waals surface area (Å²) in [7, 11) is 3.32. The lowest BCUT2D eigenvalue weighted by Crippen LogP contribution is -2.40. The van der Waals surface area contributed by atoms with Crippen LogP contribution in [0.2, 0.25) is 0 Å². The molecule has 0 radical (unpaired) electrons. The van der Waals surface area contributed by atoms with Gasteiger partial charge < -0.3 is 14.2 Å². The van der Waals surface area contributed by atoms with Crippen LogP contribution in [-0.2, 0) is 20.1 Å². The molecule has 1 aliphatic heterocycles. The number of hydrogen-bond acceptors (Lipinski definition) is 5. The standard InChI is InChI=1S/C25H27N5O3/c1-16-7-5-8-18(13-16)15-30-23(31)21-22(27(3)25(30)32)26-24-28(11-6-12-29(21)24)19-14-17(2)9-10-20(19)33-4/h5,7-10,13-14H,6,11-12,15H2,1-4H3. The van der Waals surface area contributed by atoms with Crippen molar-refractivity contribution in [3.8, 4) is 5.75 Å². The highest BCUT2D eigenvalue weighted by atomic mass is 16.5. The highest BCUT2D eigenvalue weighted by molar-refractivity contribution is 5.78. The van der Waals surface area contributed by atoms with Gasteiger partial charge in [0.2, 0.25) is 5.95 Å². The number of imidazole rings is 1. The van der Waals surface area contributed by atoms with E-state index in [-0.39, 0.29) is 17.8 Å². The summed E-state index contributed by atoms with van der Waals surface area (Å²) < 4.78 is 10.3. The van der Waals surface area contributed by atoms with Gasteiger partial charge in [-0.3, -0.25) is 13.9 Å². The van der Waals surface area contributed by atoms with Crippen LogP contribution in [0.5, 0.6) is 5.75 Å². The van der Waals surface area contributed by atoms with Crippen LogP contribution in [-0.4, -0.2) is 32.3 Å². The zero-order chi connectivity index (χ0) is 23.3. The Morgan fingerprint density at radius 3 is 2.58 bits per heavy atom. The van der Waals surface area contributed by atoms with Crippen molar-refractivity contribution >= 4 is 22.8 Å². The summed E-state index contributed by atoms with van der Waals surface area (Å²) in [5.74, 6) is 1.40. The minimum Gasteiger partial charge on any atom is -0.495 e.